The average molecular weight is 560 g/mol. The van der Waals surface area contributed by atoms with E-state index >= 15 is 0 Å². The highest BCUT2D eigenvalue weighted by Gasteiger charge is 2.29. The number of morpholine rings is 1. The summed E-state index contributed by atoms with van der Waals surface area (Å²) in [6.45, 7) is 7.80. The molecule has 3 rings (SSSR count). The van der Waals surface area contributed by atoms with Gasteiger partial charge in [-0.25, -0.2) is 0 Å². The van der Waals surface area contributed by atoms with E-state index in [1.54, 1.807) is 14.2 Å². The Bertz CT molecular complexity index is 725. The lowest BCUT2D eigenvalue weighted by atomic mass is 9.98. The summed E-state index contributed by atoms with van der Waals surface area (Å²) >= 11 is 0. The molecule has 0 amide bonds. The number of hydrogen-bond donors (Lipinski definition) is 1. The van der Waals surface area contributed by atoms with Crippen LogP contribution in [0.4, 0.5) is 0 Å². The molecule has 2 fully saturated rings. The number of piperidine rings is 1. The number of esters is 1. The van der Waals surface area contributed by atoms with Gasteiger partial charge in [0.05, 0.1) is 38.9 Å². The van der Waals surface area contributed by atoms with Crippen molar-refractivity contribution in [2.45, 2.75) is 25.8 Å². The van der Waals surface area contributed by atoms with Crippen molar-refractivity contribution in [1.82, 2.24) is 15.1 Å². The molecule has 32 heavy (non-hydrogen) atoms. The van der Waals surface area contributed by atoms with Crippen LogP contribution < -0.4 is 10.1 Å². The van der Waals surface area contributed by atoms with Crippen molar-refractivity contribution >= 4 is 35.9 Å². The minimum absolute atomic E-state index is 0. The van der Waals surface area contributed by atoms with Gasteiger partial charge in [0.1, 0.15) is 5.75 Å². The topological polar surface area (TPSA) is 75.6 Å². The number of rotatable bonds is 7. The number of guanidine groups is 1. The maximum absolute atomic E-state index is 12.2. The van der Waals surface area contributed by atoms with Gasteiger partial charge in [0.15, 0.2) is 5.96 Å². The Balaban J connectivity index is 0.00000363. The molecule has 2 aliphatic heterocycles. The van der Waals surface area contributed by atoms with Crippen molar-refractivity contribution in [1.29, 1.82) is 0 Å². The number of nitrogens with one attached hydrogen (secondary N) is 1. The van der Waals surface area contributed by atoms with Gasteiger partial charge in [-0.1, -0.05) is 12.1 Å². The number of halogens is 1. The molecule has 0 saturated carbocycles. The molecule has 0 radical (unpaired) electrons. The summed E-state index contributed by atoms with van der Waals surface area (Å²) in [4.78, 5) is 21.4. The van der Waals surface area contributed by atoms with E-state index in [-0.39, 0.29) is 41.9 Å². The zero-order valence-corrected chi connectivity index (χ0v) is 21.7. The molecule has 2 atom stereocenters. The van der Waals surface area contributed by atoms with Crippen LogP contribution in [-0.4, -0.2) is 88.4 Å². The van der Waals surface area contributed by atoms with Crippen LogP contribution in [-0.2, 0) is 14.3 Å². The molecule has 9 heteroatoms. The van der Waals surface area contributed by atoms with E-state index < -0.39 is 0 Å². The summed E-state index contributed by atoms with van der Waals surface area (Å²) in [6, 6.07) is 8.46. The fourth-order valence-corrected chi connectivity index (χ4v) is 4.32. The number of carbonyl (C=O) groups excluding carboxylic acids is 1. The van der Waals surface area contributed by atoms with E-state index in [2.05, 4.69) is 32.2 Å². The van der Waals surface area contributed by atoms with Crippen LogP contribution in [0, 0.1) is 5.92 Å². The Morgan fingerprint density at radius 2 is 1.97 bits per heavy atom. The van der Waals surface area contributed by atoms with Crippen LogP contribution in [0.3, 0.4) is 0 Å². The molecule has 1 aromatic carbocycles. The maximum Gasteiger partial charge on any atom is 0.310 e. The van der Waals surface area contributed by atoms with E-state index in [4.69, 9.17) is 14.2 Å². The normalized spacial score (nSPS) is 20.8. The molecule has 2 saturated heterocycles. The molecular formula is C23H37IN4O4. The Hall–Kier alpha value is -1.59. The predicted octanol–water partition coefficient (Wildman–Crippen LogP) is 2.54. The second-order valence-corrected chi connectivity index (χ2v) is 7.90. The summed E-state index contributed by atoms with van der Waals surface area (Å²) in [6.07, 6.45) is 1.82. The van der Waals surface area contributed by atoms with Crippen molar-refractivity contribution in [2.24, 2.45) is 10.9 Å². The smallest absolute Gasteiger partial charge is 0.310 e. The zero-order valence-electron chi connectivity index (χ0n) is 19.4. The van der Waals surface area contributed by atoms with Crippen molar-refractivity contribution in [3.05, 3.63) is 29.8 Å². The quantitative estimate of drug-likeness (QED) is 0.238. The van der Waals surface area contributed by atoms with Crippen LogP contribution in [0.5, 0.6) is 5.75 Å². The van der Waals surface area contributed by atoms with Gasteiger partial charge in [-0.3, -0.25) is 14.7 Å². The van der Waals surface area contributed by atoms with E-state index in [0.29, 0.717) is 13.2 Å². The summed E-state index contributed by atoms with van der Waals surface area (Å²) in [5, 5.41) is 3.57. The summed E-state index contributed by atoms with van der Waals surface area (Å²) < 4.78 is 16.1. The molecule has 2 unspecified atom stereocenters. The highest BCUT2D eigenvalue weighted by molar-refractivity contribution is 14.0. The first-order valence-electron chi connectivity index (χ1n) is 11.2. The number of nitrogens with zero attached hydrogens (tertiary/aromatic N) is 3. The van der Waals surface area contributed by atoms with Gasteiger partial charge in [-0.15, -0.1) is 24.0 Å². The van der Waals surface area contributed by atoms with Crippen LogP contribution >= 0.6 is 24.0 Å². The summed E-state index contributed by atoms with van der Waals surface area (Å²) in [5.41, 5.74) is 1.23. The van der Waals surface area contributed by atoms with Crippen LogP contribution in [0.25, 0.3) is 0 Å². The Kier molecular flexibility index (Phi) is 11.5. The van der Waals surface area contributed by atoms with E-state index in [0.717, 1.165) is 63.9 Å². The minimum atomic E-state index is -0.105. The van der Waals surface area contributed by atoms with Crippen LogP contribution in [0.2, 0.25) is 0 Å². The Morgan fingerprint density at radius 3 is 2.59 bits per heavy atom. The average Bonchev–Trinajstić information content (AvgIpc) is 2.83. The third kappa shape index (κ3) is 7.21. The fraction of sp³-hybridized carbons (Fsp3) is 0.652. The minimum Gasteiger partial charge on any atom is -0.497 e. The molecule has 0 spiro atoms. The lowest BCUT2D eigenvalue weighted by Crippen LogP contribution is -2.50. The molecule has 0 aromatic heterocycles. The number of ether oxygens (including phenoxy) is 3. The lowest BCUT2D eigenvalue weighted by Gasteiger charge is -2.37. The van der Waals surface area contributed by atoms with Gasteiger partial charge in [-0.2, -0.15) is 0 Å². The first kappa shape index (κ1) is 26.7. The van der Waals surface area contributed by atoms with Gasteiger partial charge in [0.2, 0.25) is 0 Å². The molecule has 1 aromatic rings. The lowest BCUT2D eigenvalue weighted by molar-refractivity contribution is -0.149. The van der Waals surface area contributed by atoms with Crippen molar-refractivity contribution in [2.75, 3.05) is 66.7 Å². The first-order chi connectivity index (χ1) is 15.2. The summed E-state index contributed by atoms with van der Waals surface area (Å²) in [5.74, 6) is 1.49. The van der Waals surface area contributed by atoms with Crippen LogP contribution in [0.15, 0.2) is 29.3 Å². The standard InChI is InChI=1S/C23H36N4O4.HI/c1-4-31-22(28)19-6-5-11-27(17-19)23(24-2)25-16-21(26-12-14-30-15-13-26)18-7-9-20(29-3)10-8-18;/h7-10,19,21H,4-6,11-17H2,1-3H3,(H,24,25);1H. The second-order valence-electron chi connectivity index (χ2n) is 7.90. The largest absolute Gasteiger partial charge is 0.497 e. The molecular weight excluding hydrogens is 523 g/mol. The molecule has 8 nitrogen and oxygen atoms in total. The third-order valence-corrected chi connectivity index (χ3v) is 5.99. The number of aliphatic imine (C=N–C) groups is 1. The Morgan fingerprint density at radius 1 is 1.25 bits per heavy atom. The SMILES string of the molecule is CCOC(=O)C1CCCN(C(=NC)NCC(c2ccc(OC)cc2)N2CCOCC2)C1.I. The highest BCUT2D eigenvalue weighted by atomic mass is 127. The number of benzene rings is 1. The second kappa shape index (κ2) is 13.8. The number of hydrogen-bond acceptors (Lipinski definition) is 6. The van der Waals surface area contributed by atoms with Gasteiger partial charge < -0.3 is 24.4 Å². The summed E-state index contributed by atoms with van der Waals surface area (Å²) in [7, 11) is 3.48. The molecule has 180 valence electrons. The predicted molar refractivity (Wildman–Crippen MR) is 136 cm³/mol. The van der Waals surface area contributed by atoms with Gasteiger partial charge in [-0.05, 0) is 37.5 Å². The first-order valence-corrected chi connectivity index (χ1v) is 11.2. The van der Waals surface area contributed by atoms with Gasteiger partial charge in [0, 0.05) is 39.8 Å². The maximum atomic E-state index is 12.2. The molecule has 2 aliphatic rings. The molecule has 0 bridgehead atoms. The number of methoxy groups -OCH3 is 1. The Labute approximate surface area is 208 Å². The molecule has 1 N–H and O–H groups in total. The highest BCUT2D eigenvalue weighted by Crippen LogP contribution is 2.24. The van der Waals surface area contributed by atoms with Crippen molar-refractivity contribution in [3.8, 4) is 5.75 Å². The number of carbonyl (C=O) groups is 1. The van der Waals surface area contributed by atoms with E-state index in [1.807, 2.05) is 19.1 Å². The number of likely N-dealkylation sites (tertiary alicyclic amines) is 1. The molecule has 0 aliphatic carbocycles. The third-order valence-electron chi connectivity index (χ3n) is 5.99. The van der Waals surface area contributed by atoms with Crippen molar-refractivity contribution in [3.63, 3.8) is 0 Å². The van der Waals surface area contributed by atoms with Gasteiger partial charge >= 0.3 is 5.97 Å². The zero-order chi connectivity index (χ0) is 22.1. The van der Waals surface area contributed by atoms with E-state index in [9.17, 15) is 4.79 Å². The fourth-order valence-electron chi connectivity index (χ4n) is 4.32. The van der Waals surface area contributed by atoms with Crippen molar-refractivity contribution < 1.29 is 19.0 Å². The monoisotopic (exact) mass is 560 g/mol. The van der Waals surface area contributed by atoms with E-state index in [1.165, 1.54) is 5.56 Å². The van der Waals surface area contributed by atoms with Crippen LogP contribution in [0.1, 0.15) is 31.4 Å². The molecule has 2 heterocycles. The van der Waals surface area contributed by atoms with Gasteiger partial charge in [0.25, 0.3) is 0 Å².